The summed E-state index contributed by atoms with van der Waals surface area (Å²) in [6.45, 7) is 6.21. The van der Waals surface area contributed by atoms with Gasteiger partial charge < -0.3 is 4.74 Å². The number of hydrogen-bond donors (Lipinski definition) is 0. The first-order chi connectivity index (χ1) is 15.7. The van der Waals surface area contributed by atoms with E-state index in [-0.39, 0.29) is 5.82 Å². The fourth-order valence-electron chi connectivity index (χ4n) is 6.12. The third-order valence-corrected chi connectivity index (χ3v) is 8.09. The van der Waals surface area contributed by atoms with Gasteiger partial charge in [-0.05, 0) is 99.0 Å². The van der Waals surface area contributed by atoms with Crippen molar-refractivity contribution >= 4 is 10.8 Å². The molecule has 2 aliphatic carbocycles. The Morgan fingerprint density at radius 3 is 2.38 bits per heavy atom. The molecule has 0 heterocycles. The Bertz CT molecular complexity index is 914. The first-order valence-electron chi connectivity index (χ1n) is 12.8. The first kappa shape index (κ1) is 23.1. The molecule has 2 aliphatic rings. The maximum atomic E-state index is 14.9. The highest BCUT2D eigenvalue weighted by atomic mass is 19.1. The zero-order chi connectivity index (χ0) is 22.3. The third-order valence-electron chi connectivity index (χ3n) is 8.09. The van der Waals surface area contributed by atoms with Gasteiger partial charge in [0.1, 0.15) is 6.61 Å². The second kappa shape index (κ2) is 11.2. The number of hydrogen-bond acceptors (Lipinski definition) is 1. The van der Waals surface area contributed by atoms with Gasteiger partial charge in [-0.3, -0.25) is 0 Å². The Morgan fingerprint density at radius 2 is 1.69 bits per heavy atom. The summed E-state index contributed by atoms with van der Waals surface area (Å²) in [5.74, 6) is 3.51. The maximum absolute atomic E-state index is 14.9. The topological polar surface area (TPSA) is 9.23 Å². The fraction of sp³-hybridized carbons (Fsp3) is 0.533. The van der Waals surface area contributed by atoms with Gasteiger partial charge in [0.25, 0.3) is 0 Å². The summed E-state index contributed by atoms with van der Waals surface area (Å²) in [5, 5.41) is 1.65. The largest absolute Gasteiger partial charge is 0.486 e. The lowest BCUT2D eigenvalue weighted by molar-refractivity contribution is 0.157. The van der Waals surface area contributed by atoms with Crippen LogP contribution in [-0.4, -0.2) is 6.61 Å². The molecule has 2 heteroatoms. The molecule has 0 unspecified atom stereocenters. The lowest BCUT2D eigenvalue weighted by Crippen LogP contribution is -2.25. The molecule has 0 spiro atoms. The smallest absolute Gasteiger partial charge is 0.172 e. The maximum Gasteiger partial charge on any atom is 0.172 e. The Morgan fingerprint density at radius 1 is 0.969 bits per heavy atom. The van der Waals surface area contributed by atoms with E-state index in [2.05, 4.69) is 24.8 Å². The summed E-state index contributed by atoms with van der Waals surface area (Å²) in [7, 11) is 0. The van der Waals surface area contributed by atoms with Crippen LogP contribution in [0, 0.1) is 23.6 Å². The SMILES string of the molecule is C=CCCC1CCC(C2CCC(c3ccc4c(F)c(OCC=CC)ccc4c3)CC2)CC1. The van der Waals surface area contributed by atoms with Crippen molar-refractivity contribution in [3.63, 3.8) is 0 Å². The molecule has 2 aromatic carbocycles. The molecule has 32 heavy (non-hydrogen) atoms. The third kappa shape index (κ3) is 5.45. The van der Waals surface area contributed by atoms with Crippen LogP contribution in [0.4, 0.5) is 4.39 Å². The van der Waals surface area contributed by atoms with E-state index in [0.717, 1.165) is 23.1 Å². The Hall–Kier alpha value is -2.09. The van der Waals surface area contributed by atoms with Gasteiger partial charge in [-0.25, -0.2) is 4.39 Å². The van der Waals surface area contributed by atoms with Crippen LogP contribution in [0.25, 0.3) is 10.8 Å². The zero-order valence-electron chi connectivity index (χ0n) is 19.7. The first-order valence-corrected chi connectivity index (χ1v) is 12.8. The molecule has 172 valence electrons. The minimum absolute atomic E-state index is 0.244. The van der Waals surface area contributed by atoms with Crippen molar-refractivity contribution in [2.24, 2.45) is 17.8 Å². The molecule has 0 saturated heterocycles. The molecule has 2 fully saturated rings. The minimum Gasteiger partial charge on any atom is -0.486 e. The molecule has 0 atom stereocenters. The van der Waals surface area contributed by atoms with Gasteiger partial charge in [0.2, 0.25) is 0 Å². The summed E-state index contributed by atoms with van der Waals surface area (Å²) in [4.78, 5) is 0. The van der Waals surface area contributed by atoms with Gasteiger partial charge in [0.15, 0.2) is 11.6 Å². The minimum atomic E-state index is -0.244. The molecule has 0 bridgehead atoms. The van der Waals surface area contributed by atoms with Crippen molar-refractivity contribution in [3.05, 3.63) is 66.5 Å². The predicted octanol–water partition coefficient (Wildman–Crippen LogP) is 8.98. The van der Waals surface area contributed by atoms with Crippen molar-refractivity contribution in [1.82, 2.24) is 0 Å². The second-order valence-electron chi connectivity index (χ2n) is 10.00. The molecule has 2 saturated carbocycles. The number of benzene rings is 2. The highest BCUT2D eigenvalue weighted by molar-refractivity contribution is 5.85. The fourth-order valence-corrected chi connectivity index (χ4v) is 6.12. The van der Waals surface area contributed by atoms with Crippen LogP contribution in [0.3, 0.4) is 0 Å². The van der Waals surface area contributed by atoms with Crippen molar-refractivity contribution in [3.8, 4) is 5.75 Å². The van der Waals surface area contributed by atoms with Crippen LogP contribution < -0.4 is 4.74 Å². The summed E-state index contributed by atoms with van der Waals surface area (Å²) in [5.41, 5.74) is 1.38. The molecule has 0 radical (unpaired) electrons. The van der Waals surface area contributed by atoms with E-state index in [0.29, 0.717) is 23.7 Å². The van der Waals surface area contributed by atoms with Gasteiger partial charge in [0.05, 0.1) is 0 Å². The van der Waals surface area contributed by atoms with Crippen molar-refractivity contribution in [1.29, 1.82) is 0 Å². The van der Waals surface area contributed by atoms with Gasteiger partial charge >= 0.3 is 0 Å². The predicted molar refractivity (Wildman–Crippen MR) is 134 cm³/mol. The molecular weight excluding hydrogens is 395 g/mol. The Kier molecular flexibility index (Phi) is 8.05. The van der Waals surface area contributed by atoms with E-state index < -0.39 is 0 Å². The number of allylic oxidation sites excluding steroid dienone is 2. The van der Waals surface area contributed by atoms with Gasteiger partial charge in [-0.15, -0.1) is 6.58 Å². The van der Waals surface area contributed by atoms with Gasteiger partial charge in [-0.1, -0.05) is 55.3 Å². The molecular formula is C30H39FO. The highest BCUT2D eigenvalue weighted by Crippen LogP contribution is 2.45. The normalized spacial score (nSPS) is 26.4. The number of halogens is 1. The summed E-state index contributed by atoms with van der Waals surface area (Å²) in [6, 6.07) is 10.1. The summed E-state index contributed by atoms with van der Waals surface area (Å²) < 4.78 is 20.4. The number of ether oxygens (including phenoxy) is 1. The van der Waals surface area contributed by atoms with Gasteiger partial charge in [0, 0.05) is 5.39 Å². The van der Waals surface area contributed by atoms with Crippen LogP contribution in [0.5, 0.6) is 5.75 Å². The quantitative estimate of drug-likeness (QED) is 0.377. The molecule has 0 aromatic heterocycles. The second-order valence-corrected chi connectivity index (χ2v) is 10.00. The average Bonchev–Trinajstić information content (AvgIpc) is 2.84. The molecule has 4 rings (SSSR count). The summed E-state index contributed by atoms with van der Waals surface area (Å²) >= 11 is 0. The molecule has 0 aliphatic heterocycles. The van der Waals surface area contributed by atoms with E-state index in [4.69, 9.17) is 4.74 Å². The lowest BCUT2D eigenvalue weighted by atomic mass is 9.68. The van der Waals surface area contributed by atoms with Crippen molar-refractivity contribution < 1.29 is 9.13 Å². The van der Waals surface area contributed by atoms with E-state index in [1.807, 2.05) is 31.2 Å². The Labute approximate surface area is 193 Å². The van der Waals surface area contributed by atoms with Crippen molar-refractivity contribution in [2.45, 2.75) is 77.0 Å². The highest BCUT2D eigenvalue weighted by Gasteiger charge is 2.31. The standard InChI is InChI=1S/C30H39FO/c1-3-5-7-22-8-10-23(11-9-22)24-12-14-25(15-13-24)26-16-18-28-27(21-26)17-19-29(30(28)31)32-20-6-4-2/h3-4,6,16-19,21-25H,1,5,7-15,20H2,2H3. The number of fused-ring (bicyclic) bond motifs is 1. The van der Waals surface area contributed by atoms with Crippen LogP contribution in [0.15, 0.2) is 55.1 Å². The molecule has 0 amide bonds. The van der Waals surface area contributed by atoms with E-state index in [1.54, 1.807) is 6.07 Å². The van der Waals surface area contributed by atoms with Crippen LogP contribution in [0.1, 0.15) is 82.6 Å². The Balaban J connectivity index is 1.34. The van der Waals surface area contributed by atoms with Crippen molar-refractivity contribution in [2.75, 3.05) is 6.61 Å². The molecule has 0 N–H and O–H groups in total. The lowest BCUT2D eigenvalue weighted by Gasteiger charge is -2.38. The molecule has 1 nitrogen and oxygen atoms in total. The average molecular weight is 435 g/mol. The van der Waals surface area contributed by atoms with E-state index in [1.165, 1.54) is 69.8 Å². The number of rotatable bonds is 8. The van der Waals surface area contributed by atoms with Crippen LogP contribution in [0.2, 0.25) is 0 Å². The molecule has 2 aromatic rings. The van der Waals surface area contributed by atoms with E-state index >= 15 is 0 Å². The summed E-state index contributed by atoms with van der Waals surface area (Å²) in [6.07, 6.45) is 19.4. The van der Waals surface area contributed by atoms with Gasteiger partial charge in [-0.2, -0.15) is 0 Å². The van der Waals surface area contributed by atoms with E-state index in [9.17, 15) is 4.39 Å². The zero-order valence-corrected chi connectivity index (χ0v) is 19.7. The monoisotopic (exact) mass is 434 g/mol. The van der Waals surface area contributed by atoms with Crippen LogP contribution >= 0.6 is 0 Å². The van der Waals surface area contributed by atoms with Crippen LogP contribution in [-0.2, 0) is 0 Å².